The summed E-state index contributed by atoms with van der Waals surface area (Å²) in [6.45, 7) is 4.07. The fourth-order valence-electron chi connectivity index (χ4n) is 8.50. The van der Waals surface area contributed by atoms with Crippen molar-refractivity contribution in [1.29, 1.82) is 0 Å². The molecular formula is C56H107NO5. The molecule has 0 saturated carbocycles. The Bertz CT molecular complexity index is 981. The summed E-state index contributed by atoms with van der Waals surface area (Å²) in [5, 5.41) is 43.9. The van der Waals surface area contributed by atoms with E-state index < -0.39 is 36.9 Å². The van der Waals surface area contributed by atoms with Crippen molar-refractivity contribution in [2.24, 2.45) is 0 Å². The Morgan fingerprint density at radius 1 is 0.387 bits per heavy atom. The second-order valence-electron chi connectivity index (χ2n) is 18.9. The number of aliphatic hydroxyl groups excluding tert-OH is 4. The largest absolute Gasteiger partial charge is 0.394 e. The van der Waals surface area contributed by atoms with Gasteiger partial charge in [-0.1, -0.05) is 256 Å². The summed E-state index contributed by atoms with van der Waals surface area (Å²) in [6.07, 6.45) is 62.1. The van der Waals surface area contributed by atoms with Gasteiger partial charge in [0, 0.05) is 0 Å². The van der Waals surface area contributed by atoms with Crippen molar-refractivity contribution in [3.8, 4) is 0 Å². The molecule has 0 radical (unpaired) electrons. The molecule has 0 spiro atoms. The van der Waals surface area contributed by atoms with E-state index in [1.165, 1.54) is 199 Å². The van der Waals surface area contributed by atoms with Crippen molar-refractivity contribution < 1.29 is 25.2 Å². The molecule has 5 N–H and O–H groups in total. The van der Waals surface area contributed by atoms with Crippen LogP contribution in [0, 0.1) is 0 Å². The highest BCUT2D eigenvalue weighted by Gasteiger charge is 2.28. The Kier molecular flexibility index (Phi) is 49.3. The van der Waals surface area contributed by atoms with E-state index in [0.29, 0.717) is 19.3 Å². The van der Waals surface area contributed by atoms with Crippen molar-refractivity contribution in [3.63, 3.8) is 0 Å². The first-order chi connectivity index (χ1) is 30.5. The molecule has 4 atom stereocenters. The van der Waals surface area contributed by atoms with E-state index in [-0.39, 0.29) is 0 Å². The maximum atomic E-state index is 12.6. The zero-order valence-electron chi connectivity index (χ0n) is 41.4. The van der Waals surface area contributed by atoms with Gasteiger partial charge in [0.25, 0.3) is 0 Å². The molecule has 0 aromatic heterocycles. The SMILES string of the molecule is CCCCCCCCCCCCC/C=C/CC/C=C/CC/C=C/CCCC(O)C(O)C(CO)NC(=O)C(O)CCCCCCCCCCCCCCCCCCCCCCCC. The highest BCUT2D eigenvalue weighted by molar-refractivity contribution is 5.80. The highest BCUT2D eigenvalue weighted by atomic mass is 16.3. The number of nitrogens with one attached hydrogen (secondary N) is 1. The maximum absolute atomic E-state index is 12.6. The van der Waals surface area contributed by atoms with E-state index in [1.54, 1.807) is 0 Å². The molecule has 0 aromatic rings. The lowest BCUT2D eigenvalue weighted by molar-refractivity contribution is -0.132. The number of allylic oxidation sites excluding steroid dienone is 6. The summed E-state index contributed by atoms with van der Waals surface area (Å²) in [4.78, 5) is 12.6. The van der Waals surface area contributed by atoms with Gasteiger partial charge in [0.05, 0.1) is 18.8 Å². The van der Waals surface area contributed by atoms with Crippen molar-refractivity contribution in [1.82, 2.24) is 5.32 Å². The van der Waals surface area contributed by atoms with Crippen LogP contribution in [-0.2, 0) is 4.79 Å². The maximum Gasteiger partial charge on any atom is 0.249 e. The zero-order valence-corrected chi connectivity index (χ0v) is 41.4. The fraction of sp³-hybridized carbons (Fsp3) is 0.875. The van der Waals surface area contributed by atoms with Gasteiger partial charge in [-0.05, 0) is 64.2 Å². The molecule has 0 saturated heterocycles. The van der Waals surface area contributed by atoms with E-state index in [1.807, 2.05) is 0 Å². The summed E-state index contributed by atoms with van der Waals surface area (Å²) in [7, 11) is 0. The number of hydrogen-bond donors (Lipinski definition) is 5. The number of rotatable bonds is 50. The van der Waals surface area contributed by atoms with E-state index in [4.69, 9.17) is 0 Å². The first-order valence-corrected chi connectivity index (χ1v) is 27.4. The number of amides is 1. The van der Waals surface area contributed by atoms with Gasteiger partial charge in [-0.3, -0.25) is 4.79 Å². The molecule has 0 aliphatic rings. The Labute approximate surface area is 386 Å². The van der Waals surface area contributed by atoms with Crippen molar-refractivity contribution in [2.45, 2.75) is 308 Å². The minimum absolute atomic E-state index is 0.362. The molecule has 0 rings (SSSR count). The second-order valence-corrected chi connectivity index (χ2v) is 18.9. The molecule has 0 aliphatic carbocycles. The van der Waals surface area contributed by atoms with Crippen LogP contribution in [0.5, 0.6) is 0 Å². The lowest BCUT2D eigenvalue weighted by atomic mass is 10.00. The van der Waals surface area contributed by atoms with Gasteiger partial charge >= 0.3 is 0 Å². The third kappa shape index (κ3) is 43.8. The van der Waals surface area contributed by atoms with Crippen LogP contribution in [0.15, 0.2) is 36.5 Å². The zero-order chi connectivity index (χ0) is 45.2. The number of unbranched alkanes of at least 4 members (excludes halogenated alkanes) is 35. The van der Waals surface area contributed by atoms with Gasteiger partial charge in [0.15, 0.2) is 0 Å². The average molecular weight is 874 g/mol. The fourth-order valence-corrected chi connectivity index (χ4v) is 8.50. The summed E-state index contributed by atoms with van der Waals surface area (Å²) >= 11 is 0. The molecule has 6 nitrogen and oxygen atoms in total. The van der Waals surface area contributed by atoms with Crippen LogP contribution in [0.25, 0.3) is 0 Å². The van der Waals surface area contributed by atoms with Gasteiger partial charge in [-0.25, -0.2) is 0 Å². The molecule has 0 aromatic carbocycles. The van der Waals surface area contributed by atoms with Gasteiger partial charge in [0.1, 0.15) is 12.2 Å². The summed E-state index contributed by atoms with van der Waals surface area (Å²) < 4.78 is 0. The van der Waals surface area contributed by atoms with Crippen LogP contribution in [0.1, 0.15) is 284 Å². The van der Waals surface area contributed by atoms with Gasteiger partial charge in [-0.2, -0.15) is 0 Å². The standard InChI is InChI=1S/C56H107NO5/c1-3-5-7-9-11-13-15-17-19-21-23-25-27-28-30-31-33-35-37-39-41-43-45-47-49-53(59)55(61)52(51-58)57-56(62)54(60)50-48-46-44-42-40-38-36-34-32-29-26-24-22-20-18-16-14-12-10-8-6-4-2/h27-28,33,35,41,43,52-55,58-61H,3-26,29-32,34,36-40,42,44-51H2,1-2H3,(H,57,62)/b28-27+,35-33+,43-41+. The first-order valence-electron chi connectivity index (χ1n) is 27.4. The van der Waals surface area contributed by atoms with Crippen LogP contribution < -0.4 is 5.32 Å². The smallest absolute Gasteiger partial charge is 0.249 e. The van der Waals surface area contributed by atoms with Gasteiger partial charge in [0.2, 0.25) is 5.91 Å². The van der Waals surface area contributed by atoms with Crippen LogP contribution in [-0.4, -0.2) is 57.3 Å². The Morgan fingerprint density at radius 2 is 0.677 bits per heavy atom. The normalized spacial score (nSPS) is 14.1. The second kappa shape index (κ2) is 50.5. The minimum atomic E-state index is -1.29. The number of aliphatic hydroxyl groups is 4. The van der Waals surface area contributed by atoms with E-state index in [9.17, 15) is 25.2 Å². The average Bonchev–Trinajstić information content (AvgIpc) is 3.28. The van der Waals surface area contributed by atoms with Gasteiger partial charge in [-0.15, -0.1) is 0 Å². The summed E-state index contributed by atoms with van der Waals surface area (Å²) in [6, 6.07) is -1.01. The van der Waals surface area contributed by atoms with Crippen molar-refractivity contribution in [2.75, 3.05) is 6.61 Å². The van der Waals surface area contributed by atoms with E-state index in [0.717, 1.165) is 51.4 Å². The molecule has 366 valence electrons. The molecule has 0 fully saturated rings. The third-order valence-corrected chi connectivity index (χ3v) is 12.8. The van der Waals surface area contributed by atoms with Crippen LogP contribution >= 0.6 is 0 Å². The molecular weight excluding hydrogens is 767 g/mol. The molecule has 0 heterocycles. The Morgan fingerprint density at radius 3 is 1.02 bits per heavy atom. The first kappa shape index (κ1) is 60.5. The lowest BCUT2D eigenvalue weighted by Crippen LogP contribution is -2.53. The predicted molar refractivity (Wildman–Crippen MR) is 270 cm³/mol. The van der Waals surface area contributed by atoms with Crippen molar-refractivity contribution in [3.05, 3.63) is 36.5 Å². The third-order valence-electron chi connectivity index (χ3n) is 12.8. The molecule has 4 unspecified atom stereocenters. The van der Waals surface area contributed by atoms with E-state index >= 15 is 0 Å². The van der Waals surface area contributed by atoms with Crippen LogP contribution in [0.3, 0.4) is 0 Å². The van der Waals surface area contributed by atoms with Crippen molar-refractivity contribution >= 4 is 5.91 Å². The highest BCUT2D eigenvalue weighted by Crippen LogP contribution is 2.17. The predicted octanol–water partition coefficient (Wildman–Crippen LogP) is 15.6. The van der Waals surface area contributed by atoms with E-state index in [2.05, 4.69) is 55.6 Å². The minimum Gasteiger partial charge on any atom is -0.394 e. The lowest BCUT2D eigenvalue weighted by Gasteiger charge is -2.27. The molecule has 6 heteroatoms. The summed E-state index contributed by atoms with van der Waals surface area (Å²) in [5.74, 6) is -0.595. The number of hydrogen-bond acceptors (Lipinski definition) is 5. The van der Waals surface area contributed by atoms with Gasteiger partial charge < -0.3 is 25.7 Å². The Hall–Kier alpha value is -1.47. The summed E-state index contributed by atoms with van der Waals surface area (Å²) in [5.41, 5.74) is 0. The molecule has 1 amide bonds. The number of carbonyl (C=O) groups excluding carboxylic acids is 1. The Balaban J connectivity index is 3.71. The number of carbonyl (C=O) groups is 1. The molecule has 0 aliphatic heterocycles. The molecule has 0 bridgehead atoms. The quantitative estimate of drug-likeness (QED) is 0.0309. The monoisotopic (exact) mass is 874 g/mol. The van der Waals surface area contributed by atoms with Crippen LogP contribution in [0.4, 0.5) is 0 Å². The molecule has 62 heavy (non-hydrogen) atoms. The topological polar surface area (TPSA) is 110 Å². The van der Waals surface area contributed by atoms with Crippen LogP contribution in [0.2, 0.25) is 0 Å².